The molecule has 152 valence electrons. The van der Waals surface area contributed by atoms with Gasteiger partial charge in [-0.1, -0.05) is 59.8 Å². The second kappa shape index (κ2) is 8.87. The fraction of sp³-hybridized carbons (Fsp3) is 0.0909. The van der Waals surface area contributed by atoms with Gasteiger partial charge in [-0.3, -0.25) is 0 Å². The van der Waals surface area contributed by atoms with E-state index in [1.165, 1.54) is 0 Å². The van der Waals surface area contributed by atoms with Crippen molar-refractivity contribution in [3.05, 3.63) is 83.4 Å². The number of aromatic carboxylic acids is 1. The maximum atomic E-state index is 11.5. The van der Waals surface area contributed by atoms with E-state index in [0.29, 0.717) is 23.5 Å². The van der Waals surface area contributed by atoms with E-state index in [1.807, 2.05) is 60.5 Å². The Morgan fingerprint density at radius 3 is 2.37 bits per heavy atom. The van der Waals surface area contributed by atoms with Gasteiger partial charge in [-0.15, -0.1) is 5.10 Å². The minimum absolute atomic E-state index is 0.164. The van der Waals surface area contributed by atoms with Crippen molar-refractivity contribution in [1.29, 1.82) is 5.53 Å². The third-order valence-corrected chi connectivity index (χ3v) is 4.72. The van der Waals surface area contributed by atoms with Crippen LogP contribution in [0.4, 0.5) is 11.4 Å². The predicted octanol–water partition coefficient (Wildman–Crippen LogP) is 3.92. The molecule has 0 atom stereocenters. The first kappa shape index (κ1) is 20.5. The summed E-state index contributed by atoms with van der Waals surface area (Å²) in [5, 5.41) is 16.1. The molecule has 3 rings (SSSR count). The van der Waals surface area contributed by atoms with E-state index in [4.69, 9.17) is 17.0 Å². The molecule has 8 heteroatoms. The number of carboxylic acids is 1. The Hall–Kier alpha value is -4.20. The number of carboxylic acid groups (broad SMARTS) is 1. The zero-order chi connectivity index (χ0) is 21.7. The summed E-state index contributed by atoms with van der Waals surface area (Å²) in [6, 6.07) is 20.2. The van der Waals surface area contributed by atoms with Crippen LogP contribution in [-0.4, -0.2) is 24.0 Å². The largest absolute Gasteiger partial charge is 0.478 e. The number of benzene rings is 3. The van der Waals surface area contributed by atoms with Crippen molar-refractivity contribution >= 4 is 23.2 Å². The van der Waals surface area contributed by atoms with E-state index in [-0.39, 0.29) is 11.4 Å². The summed E-state index contributed by atoms with van der Waals surface area (Å²) < 4.78 is 0. The normalized spacial score (nSPS) is 11.2. The van der Waals surface area contributed by atoms with Crippen molar-refractivity contribution in [1.82, 2.24) is 0 Å². The van der Waals surface area contributed by atoms with Gasteiger partial charge in [0.1, 0.15) is 0 Å². The summed E-state index contributed by atoms with van der Waals surface area (Å²) in [5.74, 6) is -0.847. The predicted molar refractivity (Wildman–Crippen MR) is 118 cm³/mol. The molecule has 0 saturated heterocycles. The second-order valence-electron chi connectivity index (χ2n) is 6.73. The molecule has 0 unspecified atom stereocenters. The molecule has 0 fully saturated rings. The summed E-state index contributed by atoms with van der Waals surface area (Å²) in [5.41, 5.74) is 23.4. The van der Waals surface area contributed by atoms with Crippen molar-refractivity contribution in [2.45, 2.75) is 6.54 Å². The summed E-state index contributed by atoms with van der Waals surface area (Å²) in [6.07, 6.45) is 0. The van der Waals surface area contributed by atoms with Gasteiger partial charge in [0.25, 0.3) is 0 Å². The van der Waals surface area contributed by atoms with Crippen LogP contribution < -0.4 is 16.4 Å². The van der Waals surface area contributed by atoms with E-state index < -0.39 is 5.97 Å². The highest BCUT2D eigenvalue weighted by Gasteiger charge is 2.16. The van der Waals surface area contributed by atoms with Gasteiger partial charge in [0.15, 0.2) is 5.84 Å². The van der Waals surface area contributed by atoms with Gasteiger partial charge in [0, 0.05) is 19.2 Å². The molecule has 3 aromatic carbocycles. The van der Waals surface area contributed by atoms with E-state index in [9.17, 15) is 9.90 Å². The minimum atomic E-state index is -1.02. The van der Waals surface area contributed by atoms with Crippen molar-refractivity contribution in [2.24, 2.45) is 16.1 Å². The summed E-state index contributed by atoms with van der Waals surface area (Å²) in [7, 11) is 1.81. The number of nitrogens with zero attached hydrogens (tertiary/aromatic N) is 3. The molecule has 0 aromatic heterocycles. The summed E-state index contributed by atoms with van der Waals surface area (Å²) >= 11 is 0. The molecule has 0 aliphatic rings. The molecule has 0 amide bonds. The van der Waals surface area contributed by atoms with Gasteiger partial charge in [-0.25, -0.2) is 4.79 Å². The quantitative estimate of drug-likeness (QED) is 0.156. The molecule has 6 N–H and O–H groups in total. The lowest BCUT2D eigenvalue weighted by atomic mass is 9.98. The Kier molecular flexibility index (Phi) is 6.07. The van der Waals surface area contributed by atoms with Gasteiger partial charge in [-0.2, -0.15) is 5.53 Å². The zero-order valence-corrected chi connectivity index (χ0v) is 16.4. The van der Waals surface area contributed by atoms with Crippen LogP contribution in [-0.2, 0) is 6.54 Å². The molecule has 0 saturated carbocycles. The average Bonchev–Trinajstić information content (AvgIpc) is 2.74. The Morgan fingerprint density at radius 1 is 1.03 bits per heavy atom. The van der Waals surface area contributed by atoms with E-state index in [2.05, 4.69) is 10.3 Å². The number of hydrogen-bond acceptors (Lipinski definition) is 5. The maximum Gasteiger partial charge on any atom is 0.337 e. The zero-order valence-electron chi connectivity index (χ0n) is 16.4. The van der Waals surface area contributed by atoms with E-state index in [0.717, 1.165) is 16.7 Å². The topological polar surface area (TPSA) is 141 Å². The third-order valence-electron chi connectivity index (χ3n) is 4.72. The SMILES string of the molecule is CN(Cc1ccc(-c2ccccc2C(N)=NN=N)cc1)c1c(N)cccc1C(=O)O. The highest BCUT2D eigenvalue weighted by atomic mass is 16.4. The van der Waals surface area contributed by atoms with Crippen molar-refractivity contribution in [3.8, 4) is 11.1 Å². The number of amidine groups is 1. The van der Waals surface area contributed by atoms with Gasteiger partial charge in [-0.05, 0) is 28.8 Å². The fourth-order valence-corrected chi connectivity index (χ4v) is 3.37. The van der Waals surface area contributed by atoms with Gasteiger partial charge < -0.3 is 21.5 Å². The lowest BCUT2D eigenvalue weighted by Crippen LogP contribution is -2.21. The van der Waals surface area contributed by atoms with Gasteiger partial charge >= 0.3 is 5.97 Å². The smallest absolute Gasteiger partial charge is 0.337 e. The number of anilines is 2. The monoisotopic (exact) mass is 402 g/mol. The van der Waals surface area contributed by atoms with E-state index >= 15 is 0 Å². The highest BCUT2D eigenvalue weighted by molar-refractivity contribution is 6.03. The molecule has 3 aromatic rings. The van der Waals surface area contributed by atoms with Crippen LogP contribution in [0.25, 0.3) is 11.1 Å². The first-order valence-corrected chi connectivity index (χ1v) is 9.14. The Morgan fingerprint density at radius 2 is 1.70 bits per heavy atom. The number of para-hydroxylation sites is 1. The molecule has 8 nitrogen and oxygen atoms in total. The summed E-state index contributed by atoms with van der Waals surface area (Å²) in [6.45, 7) is 0.484. The van der Waals surface area contributed by atoms with Crippen LogP contribution in [0.5, 0.6) is 0 Å². The lowest BCUT2D eigenvalue weighted by molar-refractivity contribution is 0.0697. The first-order chi connectivity index (χ1) is 14.4. The third kappa shape index (κ3) is 4.27. The number of carbonyl (C=O) groups is 1. The van der Waals surface area contributed by atoms with Crippen LogP contribution in [0, 0.1) is 5.53 Å². The molecule has 0 spiro atoms. The maximum absolute atomic E-state index is 11.5. The van der Waals surface area contributed by atoms with E-state index in [1.54, 1.807) is 18.2 Å². The van der Waals surface area contributed by atoms with Crippen LogP contribution in [0.2, 0.25) is 0 Å². The standard InChI is InChI=1S/C22H22N6O2/c1-28(20-18(22(29)30)7-4-8-19(20)23)13-14-9-11-15(12-10-14)16-5-2-3-6-17(16)21(24)26-27-25/h2-12H,13,23H2,1H3,(H,29,30)(H3,24,25,26). The average molecular weight is 402 g/mol. The summed E-state index contributed by atoms with van der Waals surface area (Å²) in [4.78, 5) is 13.4. The number of nitrogens with one attached hydrogen (secondary N) is 1. The minimum Gasteiger partial charge on any atom is -0.478 e. The number of rotatable bonds is 7. The number of nitrogen functional groups attached to an aromatic ring is 1. The highest BCUT2D eigenvalue weighted by Crippen LogP contribution is 2.29. The first-order valence-electron chi connectivity index (χ1n) is 9.14. The Labute approximate surface area is 174 Å². The number of nitrogens with two attached hydrogens (primary N) is 2. The van der Waals surface area contributed by atoms with Gasteiger partial charge in [0.2, 0.25) is 0 Å². The van der Waals surface area contributed by atoms with Crippen molar-refractivity contribution in [2.75, 3.05) is 17.7 Å². The second-order valence-corrected chi connectivity index (χ2v) is 6.73. The molecule has 0 heterocycles. The number of hydrogen-bond donors (Lipinski definition) is 4. The molecule has 0 aliphatic heterocycles. The molecule has 0 radical (unpaired) electrons. The van der Waals surface area contributed by atoms with Gasteiger partial charge in [0.05, 0.1) is 16.9 Å². The van der Waals surface area contributed by atoms with Crippen LogP contribution in [0.1, 0.15) is 21.5 Å². The Balaban J connectivity index is 1.88. The van der Waals surface area contributed by atoms with Crippen LogP contribution >= 0.6 is 0 Å². The molecule has 0 aliphatic carbocycles. The van der Waals surface area contributed by atoms with Crippen molar-refractivity contribution in [3.63, 3.8) is 0 Å². The molecular formula is C22H22N6O2. The molecular weight excluding hydrogens is 380 g/mol. The lowest BCUT2D eigenvalue weighted by Gasteiger charge is -2.23. The Bertz CT molecular complexity index is 1110. The molecule has 0 bridgehead atoms. The fourth-order valence-electron chi connectivity index (χ4n) is 3.37. The van der Waals surface area contributed by atoms with Crippen LogP contribution in [0.15, 0.2) is 77.1 Å². The van der Waals surface area contributed by atoms with Crippen LogP contribution in [0.3, 0.4) is 0 Å². The molecule has 30 heavy (non-hydrogen) atoms. The van der Waals surface area contributed by atoms with Crippen molar-refractivity contribution < 1.29 is 9.90 Å².